The number of carbonyl (C=O) groups excluding carboxylic acids is 2. The third kappa shape index (κ3) is 5.62. The molecule has 0 spiro atoms. The van der Waals surface area contributed by atoms with Crippen molar-refractivity contribution < 1.29 is 23.1 Å². The molecule has 1 fully saturated rings. The van der Waals surface area contributed by atoms with Crippen LogP contribution >= 0.6 is 11.6 Å². The molecule has 35 heavy (non-hydrogen) atoms. The Morgan fingerprint density at radius 3 is 2.80 bits per heavy atom. The number of nitrogens with zero attached hydrogens (tertiary/aromatic N) is 1. The average molecular weight is 498 g/mol. The molecule has 2 atom stereocenters. The Bertz CT molecular complexity index is 1350. The first kappa shape index (κ1) is 24.7. The van der Waals surface area contributed by atoms with E-state index in [1.807, 2.05) is 0 Å². The molecule has 6 nitrogen and oxygen atoms in total. The van der Waals surface area contributed by atoms with Gasteiger partial charge in [-0.3, -0.25) is 9.59 Å². The van der Waals surface area contributed by atoms with Crippen molar-refractivity contribution in [3.63, 3.8) is 0 Å². The van der Waals surface area contributed by atoms with Crippen LogP contribution in [0.25, 0.3) is 22.1 Å². The Hall–Kier alpha value is -3.45. The van der Waals surface area contributed by atoms with Crippen molar-refractivity contribution in [2.24, 2.45) is 5.92 Å². The second-order valence-corrected chi connectivity index (χ2v) is 9.10. The fourth-order valence-electron chi connectivity index (χ4n) is 4.46. The van der Waals surface area contributed by atoms with Gasteiger partial charge >= 0.3 is 5.63 Å². The topological polar surface area (TPSA) is 76.8 Å². The van der Waals surface area contributed by atoms with E-state index >= 15 is 0 Å². The maximum Gasteiger partial charge on any atom is 0.336 e. The highest BCUT2D eigenvalue weighted by Crippen LogP contribution is 2.34. The summed E-state index contributed by atoms with van der Waals surface area (Å²) in [6.45, 7) is 6.29. The van der Waals surface area contributed by atoms with Gasteiger partial charge in [0.05, 0.1) is 5.02 Å². The fourth-order valence-corrected chi connectivity index (χ4v) is 4.73. The molecule has 182 valence electrons. The van der Waals surface area contributed by atoms with E-state index in [-0.39, 0.29) is 28.2 Å². The quantitative estimate of drug-likeness (QED) is 0.322. The van der Waals surface area contributed by atoms with E-state index in [1.165, 1.54) is 30.3 Å². The molecule has 0 bridgehead atoms. The van der Waals surface area contributed by atoms with Gasteiger partial charge in [0.2, 0.25) is 0 Å². The summed E-state index contributed by atoms with van der Waals surface area (Å²) in [4.78, 5) is 38.7. The highest BCUT2D eigenvalue weighted by Gasteiger charge is 2.28. The number of benzene rings is 2. The number of piperidine rings is 1. The molecule has 2 heterocycles. The minimum Gasteiger partial charge on any atom is -0.481 e. The zero-order chi connectivity index (χ0) is 25.1. The molecule has 0 unspecified atom stereocenters. The molecule has 0 saturated carbocycles. The van der Waals surface area contributed by atoms with Crippen LogP contribution in [0.3, 0.4) is 0 Å². The summed E-state index contributed by atoms with van der Waals surface area (Å²) in [5, 5.41) is 0.765. The van der Waals surface area contributed by atoms with Gasteiger partial charge in [-0.05, 0) is 62.1 Å². The first-order valence-corrected chi connectivity index (χ1v) is 11.8. The molecule has 1 aromatic heterocycles. The van der Waals surface area contributed by atoms with Crippen LogP contribution in [0.1, 0.15) is 26.2 Å². The average Bonchev–Trinajstić information content (AvgIpc) is 2.83. The summed E-state index contributed by atoms with van der Waals surface area (Å²) < 4.78 is 24.7. The number of likely N-dealkylation sites (tertiary alicyclic amines) is 1. The number of carbonyl (C=O) groups is 2. The number of ether oxygens (including phenoxy) is 1. The fraction of sp³-hybridized carbons (Fsp3) is 0.296. The van der Waals surface area contributed by atoms with Crippen LogP contribution in [0, 0.1) is 11.7 Å². The van der Waals surface area contributed by atoms with Crippen molar-refractivity contribution in [2.45, 2.75) is 32.3 Å². The molecule has 0 radical (unpaired) electrons. The largest absolute Gasteiger partial charge is 0.481 e. The number of ketones is 1. The number of hydrogen-bond acceptors (Lipinski definition) is 5. The van der Waals surface area contributed by atoms with Crippen LogP contribution in [-0.4, -0.2) is 35.8 Å². The Morgan fingerprint density at radius 2 is 2.06 bits per heavy atom. The van der Waals surface area contributed by atoms with E-state index in [0.717, 1.165) is 12.8 Å². The second kappa shape index (κ2) is 10.4. The van der Waals surface area contributed by atoms with Gasteiger partial charge in [-0.15, -0.1) is 0 Å². The lowest BCUT2D eigenvalue weighted by Gasteiger charge is -2.34. The Morgan fingerprint density at radius 1 is 1.26 bits per heavy atom. The Labute approximate surface area is 206 Å². The Kier molecular flexibility index (Phi) is 7.36. The van der Waals surface area contributed by atoms with Gasteiger partial charge in [0.25, 0.3) is 5.91 Å². The van der Waals surface area contributed by atoms with Gasteiger partial charge in [-0.2, -0.15) is 0 Å². The van der Waals surface area contributed by atoms with Crippen molar-refractivity contribution in [3.05, 3.63) is 76.4 Å². The van der Waals surface area contributed by atoms with Crippen LogP contribution in [0.4, 0.5) is 4.39 Å². The minimum atomic E-state index is -0.775. The molecule has 4 rings (SSSR count). The zero-order valence-electron chi connectivity index (χ0n) is 19.3. The third-order valence-corrected chi connectivity index (χ3v) is 6.46. The first-order valence-electron chi connectivity index (χ1n) is 11.4. The number of halogens is 2. The van der Waals surface area contributed by atoms with Crippen LogP contribution in [0.2, 0.25) is 5.02 Å². The van der Waals surface area contributed by atoms with E-state index in [1.54, 1.807) is 30.0 Å². The molecule has 1 saturated heterocycles. The predicted molar refractivity (Wildman–Crippen MR) is 132 cm³/mol. The molecule has 0 aliphatic carbocycles. The van der Waals surface area contributed by atoms with E-state index in [4.69, 9.17) is 20.8 Å². The van der Waals surface area contributed by atoms with E-state index in [0.29, 0.717) is 41.8 Å². The van der Waals surface area contributed by atoms with Crippen molar-refractivity contribution in [2.75, 3.05) is 13.1 Å². The van der Waals surface area contributed by atoms with E-state index in [2.05, 4.69) is 6.58 Å². The lowest BCUT2D eigenvalue weighted by Crippen LogP contribution is -2.46. The maximum atomic E-state index is 13.5. The third-order valence-electron chi connectivity index (χ3n) is 6.15. The summed E-state index contributed by atoms with van der Waals surface area (Å²) in [6, 6.07) is 10.2. The highest BCUT2D eigenvalue weighted by atomic mass is 35.5. The van der Waals surface area contributed by atoms with Gasteiger partial charge in [0, 0.05) is 48.2 Å². The van der Waals surface area contributed by atoms with Crippen LogP contribution in [-0.2, 0) is 9.59 Å². The van der Waals surface area contributed by atoms with Crippen molar-refractivity contribution >= 4 is 34.3 Å². The number of fused-ring (bicyclic) bond motifs is 1. The lowest BCUT2D eigenvalue weighted by atomic mass is 9.92. The van der Waals surface area contributed by atoms with Gasteiger partial charge in [-0.1, -0.05) is 18.2 Å². The van der Waals surface area contributed by atoms with Crippen LogP contribution < -0.4 is 10.4 Å². The number of rotatable bonds is 7. The zero-order valence-corrected chi connectivity index (χ0v) is 20.0. The molecular formula is C27H25ClFNO5. The van der Waals surface area contributed by atoms with Crippen molar-refractivity contribution in [1.29, 1.82) is 0 Å². The summed E-state index contributed by atoms with van der Waals surface area (Å²) >= 11 is 6.21. The summed E-state index contributed by atoms with van der Waals surface area (Å²) in [7, 11) is 0. The number of hydrogen-bond donors (Lipinski definition) is 0. The molecule has 1 aliphatic rings. The maximum absolute atomic E-state index is 13.5. The van der Waals surface area contributed by atoms with E-state index < -0.39 is 17.5 Å². The van der Waals surface area contributed by atoms with Crippen LogP contribution in [0.15, 0.2) is 64.3 Å². The standard InChI is InChI=1S/C27H25ClFNO5/c1-3-19(31)11-17-5-4-10-30(15-17)27(33)16(2)34-20-7-9-22-23(14-26(32)35-25(22)13-20)21-8-6-18(29)12-24(21)28/h3,6-9,12-14,16-17H,1,4-5,10-11,15H2,2H3/t16-,17-/m1/s1. The molecule has 1 aliphatic heterocycles. The van der Waals surface area contributed by atoms with Crippen LogP contribution in [0.5, 0.6) is 5.75 Å². The minimum absolute atomic E-state index is 0.0208. The molecule has 8 heteroatoms. The normalized spacial score (nSPS) is 16.7. The van der Waals surface area contributed by atoms with Crippen molar-refractivity contribution in [1.82, 2.24) is 4.90 Å². The molecular weight excluding hydrogens is 473 g/mol. The van der Waals surface area contributed by atoms with Gasteiger partial charge < -0.3 is 14.1 Å². The monoisotopic (exact) mass is 497 g/mol. The summed E-state index contributed by atoms with van der Waals surface area (Å²) in [5.41, 5.74) is 0.664. The van der Waals surface area contributed by atoms with Crippen molar-refractivity contribution in [3.8, 4) is 16.9 Å². The second-order valence-electron chi connectivity index (χ2n) is 8.69. The number of allylic oxidation sites excluding steroid dienone is 1. The number of amides is 1. The molecule has 0 N–H and O–H groups in total. The highest BCUT2D eigenvalue weighted by molar-refractivity contribution is 6.33. The SMILES string of the molecule is C=CC(=O)C[C@H]1CCCN(C(=O)[C@@H](C)Oc2ccc3c(-c4ccc(F)cc4Cl)cc(=O)oc3c2)C1. The molecule has 2 aromatic carbocycles. The first-order chi connectivity index (χ1) is 16.7. The lowest BCUT2D eigenvalue weighted by molar-refractivity contribution is -0.140. The smallest absolute Gasteiger partial charge is 0.336 e. The van der Waals surface area contributed by atoms with E-state index in [9.17, 15) is 18.8 Å². The van der Waals surface area contributed by atoms with Gasteiger partial charge in [0.1, 0.15) is 17.1 Å². The Balaban J connectivity index is 1.54. The summed E-state index contributed by atoms with van der Waals surface area (Å²) in [6.07, 6.45) is 2.64. The van der Waals surface area contributed by atoms with Gasteiger partial charge in [-0.25, -0.2) is 9.18 Å². The van der Waals surface area contributed by atoms with Gasteiger partial charge in [0.15, 0.2) is 11.9 Å². The summed E-state index contributed by atoms with van der Waals surface area (Å²) in [5.74, 6) is -0.203. The molecule has 1 amide bonds. The molecule has 3 aromatic rings. The predicted octanol–water partition coefficient (Wildman–Crippen LogP) is 5.40.